The van der Waals surface area contributed by atoms with Crippen molar-refractivity contribution in [3.05, 3.63) is 63.1 Å². The number of hydrogen-bond acceptors (Lipinski definition) is 5. The predicted molar refractivity (Wildman–Crippen MR) is 139 cm³/mol. The lowest BCUT2D eigenvalue weighted by Crippen LogP contribution is -2.44. The van der Waals surface area contributed by atoms with Crippen molar-refractivity contribution in [1.82, 2.24) is 10.3 Å². The molecule has 1 aliphatic rings. The Hall–Kier alpha value is -2.51. The van der Waals surface area contributed by atoms with E-state index >= 15 is 0 Å². The third-order valence-corrected chi connectivity index (χ3v) is 6.66. The first-order chi connectivity index (χ1) is 16.5. The molecule has 0 spiro atoms. The molecule has 9 heteroatoms. The molecule has 0 saturated heterocycles. The van der Waals surface area contributed by atoms with Crippen molar-refractivity contribution >= 4 is 40.7 Å². The molecule has 184 valence electrons. The van der Waals surface area contributed by atoms with Gasteiger partial charge in [0.25, 0.3) is 0 Å². The fraction of sp³-hybridized carbons (Fsp3) is 0.308. The van der Waals surface area contributed by atoms with Gasteiger partial charge in [0.2, 0.25) is 11.8 Å². The summed E-state index contributed by atoms with van der Waals surface area (Å²) in [4.78, 5) is 17.3. The second-order valence-corrected chi connectivity index (χ2v) is 10.3. The highest BCUT2D eigenvalue weighted by Crippen LogP contribution is 2.45. The van der Waals surface area contributed by atoms with Gasteiger partial charge in [0.1, 0.15) is 17.5 Å². The van der Waals surface area contributed by atoms with Gasteiger partial charge in [0.15, 0.2) is 0 Å². The van der Waals surface area contributed by atoms with Gasteiger partial charge in [-0.25, -0.2) is 4.98 Å². The minimum atomic E-state index is -1.15. The Morgan fingerprint density at radius 3 is 2.54 bits per heavy atom. The minimum absolute atomic E-state index is 0.378. The Balaban J connectivity index is 1.97. The number of halogens is 3. The first-order valence-electron chi connectivity index (χ1n) is 11.0. The molecular formula is C26H25Cl3N2O4. The second-order valence-electron chi connectivity index (χ2n) is 9.06. The standard InChI is InChI=1S/C26H25Cl3N2O4/c1-13(32)24(33)30-21-12-26(2,3)35-25-18(21)11-17(14-5-8-19(28)22(9-14)34-4)23(31-25)16-7-6-15(27)10-20(16)29/h5-11,13,21,32H,12H2,1-4H3,(H,30,33)/t13-,21?/m0/s1. The lowest BCUT2D eigenvalue weighted by molar-refractivity contribution is -0.129. The van der Waals surface area contributed by atoms with Crippen molar-refractivity contribution in [2.45, 2.75) is 44.9 Å². The Kier molecular flexibility index (Phi) is 7.21. The summed E-state index contributed by atoms with van der Waals surface area (Å²) in [5, 5.41) is 14.1. The number of carbonyl (C=O) groups excluding carboxylic acids is 1. The van der Waals surface area contributed by atoms with Gasteiger partial charge in [0, 0.05) is 28.1 Å². The Morgan fingerprint density at radius 2 is 1.89 bits per heavy atom. The highest BCUT2D eigenvalue weighted by atomic mass is 35.5. The second kappa shape index (κ2) is 9.86. The molecule has 0 fully saturated rings. The van der Waals surface area contributed by atoms with E-state index in [1.54, 1.807) is 31.4 Å². The zero-order chi connectivity index (χ0) is 25.5. The maximum absolute atomic E-state index is 12.4. The third kappa shape index (κ3) is 5.36. The largest absolute Gasteiger partial charge is 0.495 e. The molecule has 2 aromatic carbocycles. The molecule has 1 aliphatic heterocycles. The number of amides is 1. The van der Waals surface area contributed by atoms with Gasteiger partial charge in [0.05, 0.1) is 28.9 Å². The zero-order valence-electron chi connectivity index (χ0n) is 19.7. The third-order valence-electron chi connectivity index (χ3n) is 5.80. The smallest absolute Gasteiger partial charge is 0.249 e. The van der Waals surface area contributed by atoms with Gasteiger partial charge < -0.3 is 19.9 Å². The SMILES string of the molecule is COc1cc(-c2cc3c(nc2-c2ccc(Cl)cc2Cl)OC(C)(C)CC3NC(=O)[C@H](C)O)ccc1Cl. The Bertz CT molecular complexity index is 1290. The molecule has 1 unspecified atom stereocenters. The normalized spacial score (nSPS) is 17.2. The van der Waals surface area contributed by atoms with Crippen molar-refractivity contribution in [2.75, 3.05) is 7.11 Å². The van der Waals surface area contributed by atoms with Gasteiger partial charge in [-0.05, 0) is 62.7 Å². The van der Waals surface area contributed by atoms with E-state index in [2.05, 4.69) is 5.32 Å². The lowest BCUT2D eigenvalue weighted by Gasteiger charge is -2.37. The monoisotopic (exact) mass is 534 g/mol. The van der Waals surface area contributed by atoms with E-state index in [9.17, 15) is 9.90 Å². The number of aromatic nitrogens is 1. The van der Waals surface area contributed by atoms with E-state index in [1.807, 2.05) is 32.0 Å². The van der Waals surface area contributed by atoms with Crippen LogP contribution < -0.4 is 14.8 Å². The average molecular weight is 536 g/mol. The van der Waals surface area contributed by atoms with Crippen LogP contribution in [0.25, 0.3) is 22.4 Å². The first-order valence-corrected chi connectivity index (χ1v) is 12.1. The van der Waals surface area contributed by atoms with Gasteiger partial charge in [-0.15, -0.1) is 0 Å². The number of hydrogen-bond donors (Lipinski definition) is 2. The molecule has 0 saturated carbocycles. The molecule has 2 atom stereocenters. The summed E-state index contributed by atoms with van der Waals surface area (Å²) in [5.41, 5.74) is 2.85. The molecule has 35 heavy (non-hydrogen) atoms. The summed E-state index contributed by atoms with van der Waals surface area (Å²) in [6.45, 7) is 5.27. The highest BCUT2D eigenvalue weighted by Gasteiger charge is 2.37. The van der Waals surface area contributed by atoms with Crippen LogP contribution in [0, 0.1) is 0 Å². The van der Waals surface area contributed by atoms with Crippen LogP contribution in [0.5, 0.6) is 11.6 Å². The number of rotatable bonds is 5. The molecule has 2 heterocycles. The number of methoxy groups -OCH3 is 1. The zero-order valence-corrected chi connectivity index (χ0v) is 21.9. The minimum Gasteiger partial charge on any atom is -0.495 e. The summed E-state index contributed by atoms with van der Waals surface area (Å²) >= 11 is 19.0. The van der Waals surface area contributed by atoms with E-state index < -0.39 is 23.7 Å². The summed E-state index contributed by atoms with van der Waals surface area (Å²) in [7, 11) is 1.55. The number of aliphatic hydroxyl groups excluding tert-OH is 1. The van der Waals surface area contributed by atoms with Crippen LogP contribution in [0.2, 0.25) is 15.1 Å². The van der Waals surface area contributed by atoms with E-state index in [0.29, 0.717) is 49.9 Å². The van der Waals surface area contributed by atoms with Crippen LogP contribution in [0.3, 0.4) is 0 Å². The first kappa shape index (κ1) is 25.6. The number of nitrogens with one attached hydrogen (secondary N) is 1. The van der Waals surface area contributed by atoms with Crippen molar-refractivity contribution in [3.63, 3.8) is 0 Å². The van der Waals surface area contributed by atoms with Crippen LogP contribution in [0.4, 0.5) is 0 Å². The molecule has 1 amide bonds. The molecule has 6 nitrogen and oxygen atoms in total. The van der Waals surface area contributed by atoms with Crippen molar-refractivity contribution in [2.24, 2.45) is 0 Å². The molecule has 0 aliphatic carbocycles. The Labute approximate surface area is 219 Å². The van der Waals surface area contributed by atoms with Crippen molar-refractivity contribution in [1.29, 1.82) is 0 Å². The average Bonchev–Trinajstić information content (AvgIpc) is 2.78. The van der Waals surface area contributed by atoms with Crippen LogP contribution >= 0.6 is 34.8 Å². The van der Waals surface area contributed by atoms with Gasteiger partial charge in [-0.2, -0.15) is 0 Å². The molecule has 0 radical (unpaired) electrons. The van der Waals surface area contributed by atoms with Crippen molar-refractivity contribution < 1.29 is 19.4 Å². The number of nitrogens with zero attached hydrogens (tertiary/aromatic N) is 1. The molecule has 3 aromatic rings. The molecule has 0 bridgehead atoms. The van der Waals surface area contributed by atoms with Crippen LogP contribution in [0.1, 0.15) is 38.8 Å². The van der Waals surface area contributed by atoms with Crippen LogP contribution in [0.15, 0.2) is 42.5 Å². The lowest BCUT2D eigenvalue weighted by atomic mass is 9.88. The maximum Gasteiger partial charge on any atom is 0.249 e. The summed E-state index contributed by atoms with van der Waals surface area (Å²) in [6.07, 6.45) is -0.658. The number of carbonyl (C=O) groups is 1. The summed E-state index contributed by atoms with van der Waals surface area (Å²) < 4.78 is 11.7. The molecular weight excluding hydrogens is 511 g/mol. The molecule has 4 rings (SSSR count). The fourth-order valence-corrected chi connectivity index (χ4v) is 4.80. The summed E-state index contributed by atoms with van der Waals surface area (Å²) in [5.74, 6) is 0.410. The maximum atomic E-state index is 12.4. The number of fused-ring (bicyclic) bond motifs is 1. The van der Waals surface area contributed by atoms with E-state index in [1.165, 1.54) is 6.92 Å². The van der Waals surface area contributed by atoms with Gasteiger partial charge in [-0.3, -0.25) is 4.79 Å². The molecule has 2 N–H and O–H groups in total. The fourth-order valence-electron chi connectivity index (χ4n) is 4.10. The van der Waals surface area contributed by atoms with E-state index in [0.717, 1.165) is 11.1 Å². The highest BCUT2D eigenvalue weighted by molar-refractivity contribution is 6.36. The van der Waals surface area contributed by atoms with E-state index in [-0.39, 0.29) is 0 Å². The van der Waals surface area contributed by atoms with Crippen LogP contribution in [-0.4, -0.2) is 34.8 Å². The number of aliphatic hydroxyl groups is 1. The topological polar surface area (TPSA) is 80.7 Å². The number of ether oxygens (including phenoxy) is 2. The quantitative estimate of drug-likeness (QED) is 0.391. The predicted octanol–water partition coefficient (Wildman–Crippen LogP) is 6.48. The van der Waals surface area contributed by atoms with Gasteiger partial charge >= 0.3 is 0 Å². The van der Waals surface area contributed by atoms with E-state index in [4.69, 9.17) is 49.3 Å². The summed E-state index contributed by atoms with van der Waals surface area (Å²) in [6, 6.07) is 12.1. The van der Waals surface area contributed by atoms with Crippen molar-refractivity contribution in [3.8, 4) is 34.0 Å². The number of pyridine rings is 1. The molecule has 1 aromatic heterocycles. The number of benzene rings is 2. The van der Waals surface area contributed by atoms with Crippen LogP contribution in [-0.2, 0) is 4.79 Å². The Morgan fingerprint density at radius 1 is 1.14 bits per heavy atom. The van der Waals surface area contributed by atoms with Gasteiger partial charge in [-0.1, -0.05) is 40.9 Å².